The topological polar surface area (TPSA) is 47.5 Å². The summed E-state index contributed by atoms with van der Waals surface area (Å²) in [5, 5.41) is 0.651. The number of benzene rings is 2. The molecule has 5 rings (SSSR count). The Morgan fingerprint density at radius 1 is 1.14 bits per heavy atom. The lowest BCUT2D eigenvalue weighted by Gasteiger charge is -1.97. The van der Waals surface area contributed by atoms with E-state index in [1.165, 1.54) is 11.3 Å². The average molecular weight is 407 g/mol. The van der Waals surface area contributed by atoms with Crippen molar-refractivity contribution >= 4 is 45.0 Å². The van der Waals surface area contributed by atoms with Crippen molar-refractivity contribution in [1.82, 2.24) is 9.38 Å². The highest BCUT2D eigenvalue weighted by Gasteiger charge is 2.13. The molecule has 3 heterocycles. The van der Waals surface area contributed by atoms with Crippen LogP contribution in [0.2, 0.25) is 5.02 Å². The molecule has 0 bridgehead atoms. The van der Waals surface area contributed by atoms with Crippen LogP contribution < -0.4 is 10.1 Å². The second-order valence-corrected chi connectivity index (χ2v) is 8.25. The van der Waals surface area contributed by atoms with E-state index < -0.39 is 0 Å². The van der Waals surface area contributed by atoms with Crippen molar-refractivity contribution in [2.75, 3.05) is 0 Å². The number of halogens is 1. The molecule has 0 aliphatic heterocycles. The van der Waals surface area contributed by atoms with Gasteiger partial charge < -0.3 is 4.42 Å². The van der Waals surface area contributed by atoms with Crippen molar-refractivity contribution in [3.8, 4) is 11.3 Å². The first-order chi connectivity index (χ1) is 13.5. The van der Waals surface area contributed by atoms with Gasteiger partial charge >= 0.3 is 0 Å². The molecule has 2 aromatic carbocycles. The van der Waals surface area contributed by atoms with E-state index >= 15 is 0 Å². The van der Waals surface area contributed by atoms with Gasteiger partial charge in [0, 0.05) is 16.7 Å². The van der Waals surface area contributed by atoms with Crippen molar-refractivity contribution in [2.24, 2.45) is 0 Å². The number of thiazole rings is 1. The van der Waals surface area contributed by atoms with Gasteiger partial charge in [0.15, 0.2) is 4.96 Å². The van der Waals surface area contributed by atoms with Gasteiger partial charge in [0.25, 0.3) is 5.56 Å². The number of aromatic nitrogens is 2. The maximum absolute atomic E-state index is 13.0. The van der Waals surface area contributed by atoms with Crippen LogP contribution in [0.3, 0.4) is 0 Å². The first-order valence-electron chi connectivity index (χ1n) is 8.79. The number of fused-ring (bicyclic) bond motifs is 3. The summed E-state index contributed by atoms with van der Waals surface area (Å²) in [4.78, 5) is 18.3. The van der Waals surface area contributed by atoms with Crippen molar-refractivity contribution in [1.29, 1.82) is 0 Å². The molecule has 0 aliphatic rings. The largest absolute Gasteiger partial charge is 0.457 e. The number of aryl methyl sites for hydroxylation is 2. The fraction of sp³-hybridized carbons (Fsp3) is 0.0909. The van der Waals surface area contributed by atoms with Gasteiger partial charge in [-0.3, -0.25) is 4.79 Å². The zero-order chi connectivity index (χ0) is 19.4. The minimum atomic E-state index is -0.0757. The maximum atomic E-state index is 13.0. The zero-order valence-corrected chi connectivity index (χ0v) is 16.8. The highest BCUT2D eigenvalue weighted by Crippen LogP contribution is 2.25. The molecule has 0 N–H and O–H groups in total. The quantitative estimate of drug-likeness (QED) is 0.415. The van der Waals surface area contributed by atoms with Gasteiger partial charge in [-0.25, -0.2) is 9.38 Å². The van der Waals surface area contributed by atoms with E-state index in [-0.39, 0.29) is 5.56 Å². The van der Waals surface area contributed by atoms with Crippen LogP contribution in [0.5, 0.6) is 0 Å². The van der Waals surface area contributed by atoms with E-state index in [1.54, 1.807) is 10.5 Å². The Morgan fingerprint density at radius 2 is 2.00 bits per heavy atom. The van der Waals surface area contributed by atoms with Crippen molar-refractivity contribution in [3.05, 3.63) is 85.3 Å². The van der Waals surface area contributed by atoms with Crippen LogP contribution in [-0.4, -0.2) is 9.38 Å². The Kier molecular flexibility index (Phi) is 3.89. The van der Waals surface area contributed by atoms with Crippen molar-refractivity contribution < 1.29 is 4.42 Å². The van der Waals surface area contributed by atoms with Gasteiger partial charge in [0.05, 0.1) is 11.0 Å². The number of hydrogen-bond donors (Lipinski definition) is 0. The van der Waals surface area contributed by atoms with Crippen LogP contribution in [0.1, 0.15) is 16.9 Å². The number of hydrogen-bond acceptors (Lipinski definition) is 4. The molecular formula is C22H15ClN2O2S. The van der Waals surface area contributed by atoms with Gasteiger partial charge in [-0.1, -0.05) is 41.1 Å². The molecule has 0 spiro atoms. The summed E-state index contributed by atoms with van der Waals surface area (Å²) in [5.41, 5.74) is 4.74. The fourth-order valence-electron chi connectivity index (χ4n) is 3.47. The lowest BCUT2D eigenvalue weighted by molar-refractivity contribution is 0.571. The highest BCUT2D eigenvalue weighted by molar-refractivity contribution is 7.15. The molecule has 0 unspecified atom stereocenters. The summed E-state index contributed by atoms with van der Waals surface area (Å²) in [6, 6.07) is 15.3. The van der Waals surface area contributed by atoms with Crippen LogP contribution in [0.15, 0.2) is 57.7 Å². The molecule has 0 amide bonds. The molecule has 0 aliphatic carbocycles. The molecule has 4 nitrogen and oxygen atoms in total. The second-order valence-electron chi connectivity index (χ2n) is 6.81. The third-order valence-corrected chi connectivity index (χ3v) is 5.89. The number of imidazole rings is 1. The van der Waals surface area contributed by atoms with E-state index in [2.05, 4.69) is 11.1 Å². The monoisotopic (exact) mass is 406 g/mol. The summed E-state index contributed by atoms with van der Waals surface area (Å²) in [7, 11) is 0. The summed E-state index contributed by atoms with van der Waals surface area (Å²) in [6.07, 6.45) is 1.77. The van der Waals surface area contributed by atoms with Gasteiger partial charge in [-0.15, -0.1) is 0 Å². The number of furan rings is 1. The smallest absolute Gasteiger partial charge is 0.275 e. The van der Waals surface area contributed by atoms with Crippen LogP contribution >= 0.6 is 22.9 Å². The first-order valence-corrected chi connectivity index (χ1v) is 9.99. The summed E-state index contributed by atoms with van der Waals surface area (Å²) >= 11 is 7.43. The minimum Gasteiger partial charge on any atom is -0.457 e. The van der Waals surface area contributed by atoms with Gasteiger partial charge in [0.1, 0.15) is 16.1 Å². The molecule has 0 fully saturated rings. The number of nitrogens with zero attached hydrogens (tertiary/aromatic N) is 2. The predicted octanol–water partition coefficient (Wildman–Crippen LogP) is 4.99. The van der Waals surface area contributed by atoms with E-state index in [9.17, 15) is 4.79 Å². The van der Waals surface area contributed by atoms with Gasteiger partial charge in [-0.05, 0) is 55.3 Å². The molecule has 0 saturated heterocycles. The summed E-state index contributed by atoms with van der Waals surface area (Å²) < 4.78 is 8.19. The summed E-state index contributed by atoms with van der Waals surface area (Å²) in [5.74, 6) is 1.33. The molecule has 28 heavy (non-hydrogen) atoms. The Labute approximate surface area is 169 Å². The SMILES string of the molecule is Cc1cc(C)c2nc3sc(=Cc4ccc(-c5cccc(Cl)c5)o4)c(=O)n3c2c1. The molecule has 0 atom stereocenters. The van der Waals surface area contributed by atoms with Crippen molar-refractivity contribution in [3.63, 3.8) is 0 Å². The first kappa shape index (κ1) is 17.2. The van der Waals surface area contributed by atoms with Crippen LogP contribution in [0.25, 0.3) is 33.4 Å². The third kappa shape index (κ3) is 2.75. The van der Waals surface area contributed by atoms with Gasteiger partial charge in [0.2, 0.25) is 0 Å². The normalized spacial score (nSPS) is 12.5. The molecule has 6 heteroatoms. The zero-order valence-electron chi connectivity index (χ0n) is 15.2. The minimum absolute atomic E-state index is 0.0757. The Bertz CT molecular complexity index is 1480. The lowest BCUT2D eigenvalue weighted by Crippen LogP contribution is -2.22. The molecule has 0 radical (unpaired) electrons. The maximum Gasteiger partial charge on any atom is 0.275 e. The Hall–Kier alpha value is -2.89. The Morgan fingerprint density at radius 3 is 2.82 bits per heavy atom. The molecule has 0 saturated carbocycles. The van der Waals surface area contributed by atoms with E-state index in [0.717, 1.165) is 27.7 Å². The molecule has 5 aromatic rings. The van der Waals surface area contributed by atoms with Crippen LogP contribution in [0.4, 0.5) is 0 Å². The van der Waals surface area contributed by atoms with Crippen LogP contribution in [-0.2, 0) is 0 Å². The standard InChI is InChI=1S/C22H15ClN2O2S/c1-12-8-13(2)20-17(9-12)25-21(26)19(28-22(25)24-20)11-16-6-7-18(27-16)14-4-3-5-15(23)10-14/h3-11H,1-2H3. The van der Waals surface area contributed by atoms with Crippen LogP contribution in [0, 0.1) is 13.8 Å². The second kappa shape index (κ2) is 6.33. The fourth-order valence-corrected chi connectivity index (χ4v) is 4.62. The van der Waals surface area contributed by atoms with E-state index in [1.807, 2.05) is 56.3 Å². The predicted molar refractivity (Wildman–Crippen MR) is 114 cm³/mol. The lowest BCUT2D eigenvalue weighted by atomic mass is 10.1. The van der Waals surface area contributed by atoms with E-state index in [0.29, 0.717) is 26.0 Å². The van der Waals surface area contributed by atoms with Gasteiger partial charge in [-0.2, -0.15) is 0 Å². The summed E-state index contributed by atoms with van der Waals surface area (Å²) in [6.45, 7) is 4.04. The third-order valence-electron chi connectivity index (χ3n) is 4.69. The number of rotatable bonds is 2. The van der Waals surface area contributed by atoms with E-state index in [4.69, 9.17) is 16.0 Å². The molecule has 138 valence electrons. The Balaban J connectivity index is 1.65. The average Bonchev–Trinajstić information content (AvgIpc) is 3.32. The highest BCUT2D eigenvalue weighted by atomic mass is 35.5. The molecule has 3 aromatic heterocycles. The van der Waals surface area contributed by atoms with Crippen molar-refractivity contribution in [2.45, 2.75) is 13.8 Å². The molecular weight excluding hydrogens is 392 g/mol.